The molecule has 0 radical (unpaired) electrons. The van der Waals surface area contributed by atoms with E-state index in [4.69, 9.17) is 5.73 Å². The van der Waals surface area contributed by atoms with Crippen LogP contribution in [0.2, 0.25) is 0 Å². The Balaban J connectivity index is 2.82. The highest BCUT2D eigenvalue weighted by molar-refractivity contribution is 7.51. The second-order valence-corrected chi connectivity index (χ2v) is 1.98. The van der Waals surface area contributed by atoms with Gasteiger partial charge in [-0.1, -0.05) is 0 Å². The van der Waals surface area contributed by atoms with E-state index >= 15 is 0 Å². The molecule has 1 unspecified atom stereocenters. The predicted octanol–water partition coefficient (Wildman–Crippen LogP) is -1.66. The molecule has 0 aromatic rings. The number of nitrogens with one attached hydrogen (secondary N) is 1. The van der Waals surface area contributed by atoms with Crippen molar-refractivity contribution in [1.82, 2.24) is 0 Å². The monoisotopic (exact) mass is 143 g/mol. The molecule has 1 heterocycles. The van der Waals surface area contributed by atoms with Crippen LogP contribution in [-0.2, 0) is 12.8 Å². The summed E-state index contributed by atoms with van der Waals surface area (Å²) in [4.78, 5) is 13.9. The third-order valence-electron chi connectivity index (χ3n) is 0.847. The third-order valence-corrected chi connectivity index (χ3v) is 1.16. The van der Waals surface area contributed by atoms with E-state index in [1.165, 1.54) is 12.3 Å². The quantitative estimate of drug-likeness (QED) is 0.399. The lowest BCUT2D eigenvalue weighted by Crippen LogP contribution is -3.05. The number of carbonyl (C=O) groups excluding carboxylic acids is 1. The molecule has 0 saturated carbocycles. The highest BCUT2D eigenvalue weighted by Crippen LogP contribution is 1.77. The van der Waals surface area contributed by atoms with Gasteiger partial charge in [0.1, 0.15) is 5.84 Å². The molecule has 4 nitrogen and oxygen atoms in total. The highest BCUT2D eigenvalue weighted by Gasteiger charge is 2.08. The second-order valence-electron chi connectivity index (χ2n) is 1.54. The molecule has 5 heteroatoms. The lowest BCUT2D eigenvalue weighted by molar-refractivity contribution is -0.589. The van der Waals surface area contributed by atoms with Gasteiger partial charge in [0.05, 0.1) is 6.20 Å². The Morgan fingerprint density at radius 2 is 2.44 bits per heavy atom. The van der Waals surface area contributed by atoms with Crippen molar-refractivity contribution in [3.8, 4) is 0 Å². The number of aliphatic imine (C=N–C) groups is 1. The number of amides is 2. The van der Waals surface area contributed by atoms with Gasteiger partial charge < -0.3 is 22.9 Å². The van der Waals surface area contributed by atoms with E-state index in [9.17, 15) is 4.79 Å². The van der Waals surface area contributed by atoms with Gasteiger partial charge in [-0.3, -0.25) is 0 Å². The first-order valence-electron chi connectivity index (χ1n) is 2.30. The van der Waals surface area contributed by atoms with Crippen LogP contribution in [0.4, 0.5) is 4.79 Å². The van der Waals surface area contributed by atoms with Crippen LogP contribution in [0.1, 0.15) is 0 Å². The fraction of sp³-hybridized carbons (Fsp3) is 0. The van der Waals surface area contributed by atoms with Crippen LogP contribution in [0.5, 0.6) is 0 Å². The Kier molecular flexibility index (Phi) is 1.54. The Morgan fingerprint density at radius 3 is 2.89 bits per heavy atom. The Hall–Kier alpha value is -0.810. The summed E-state index contributed by atoms with van der Waals surface area (Å²) in [5, 5.41) is 0. The molecule has 0 aromatic carbocycles. The van der Waals surface area contributed by atoms with Crippen molar-refractivity contribution in [2.24, 2.45) is 10.7 Å². The van der Waals surface area contributed by atoms with Gasteiger partial charge in [-0.05, 0) is 0 Å². The van der Waals surface area contributed by atoms with Crippen LogP contribution in [0.3, 0.4) is 0 Å². The van der Waals surface area contributed by atoms with E-state index in [-0.39, 0.29) is 10.1 Å². The summed E-state index contributed by atoms with van der Waals surface area (Å²) in [6.07, 6.45) is 2.98. The van der Waals surface area contributed by atoms with Crippen LogP contribution in [-0.4, -0.2) is 11.9 Å². The minimum Gasteiger partial charge on any atom is -0.479 e. The van der Waals surface area contributed by atoms with E-state index in [0.29, 0.717) is 0 Å². The van der Waals surface area contributed by atoms with E-state index in [1.54, 1.807) is 0 Å². The maximum absolute atomic E-state index is 10.5. The molecular weight excluding hydrogens is 138 g/mol. The number of nitrogens with zero attached hydrogens (tertiary/aromatic N) is 1. The summed E-state index contributed by atoms with van der Waals surface area (Å²) < 4.78 is 0.212. The first kappa shape index (κ1) is 6.31. The molecule has 0 aromatic heterocycles. The van der Waals surface area contributed by atoms with Crippen molar-refractivity contribution in [2.75, 3.05) is 0 Å². The molecule has 1 rings (SSSR count). The molecule has 0 aliphatic carbocycles. The molecule has 1 aliphatic rings. The minimum absolute atomic E-state index is 0.212. The van der Waals surface area contributed by atoms with Gasteiger partial charge in [-0.25, -0.2) is 4.79 Å². The Labute approximate surface area is 57.6 Å². The van der Waals surface area contributed by atoms with E-state index in [1.807, 2.05) is 0 Å². The van der Waals surface area contributed by atoms with Gasteiger partial charge in [0.25, 0.3) is 0 Å². The normalized spacial score (nSPS) is 26.1. The number of quaternary nitrogens is 1. The van der Waals surface area contributed by atoms with Gasteiger partial charge in [0, 0.05) is 6.08 Å². The minimum atomic E-state index is -0.426. The number of hydrogen-bond acceptors (Lipinski definition) is 3. The summed E-state index contributed by atoms with van der Waals surface area (Å²) in [5.41, 5.74) is 5.17. The van der Waals surface area contributed by atoms with Crippen molar-refractivity contribution in [2.45, 2.75) is 0 Å². The lowest BCUT2D eigenvalue weighted by Gasteiger charge is -2.14. The topological polar surface area (TPSA) is 59.9 Å². The average molecular weight is 143 g/mol. The van der Waals surface area contributed by atoms with Gasteiger partial charge >= 0.3 is 6.03 Å². The third kappa shape index (κ3) is 1.30. The Morgan fingerprint density at radius 1 is 1.78 bits per heavy atom. The van der Waals surface area contributed by atoms with Gasteiger partial charge in [-0.2, -0.15) is 0 Å². The Bertz CT molecular complexity index is 198. The number of urea groups is 1. The number of carbonyl (C=O) groups is 1. The second kappa shape index (κ2) is 2.20. The SMILES string of the molecule is NC1=NC(=O)[NH+]([S-])C=C1. The van der Waals surface area contributed by atoms with Crippen LogP contribution in [0.25, 0.3) is 0 Å². The van der Waals surface area contributed by atoms with Gasteiger partial charge in [-0.15, -0.1) is 4.99 Å². The number of hydrogen-bond donors (Lipinski definition) is 2. The first-order valence-corrected chi connectivity index (χ1v) is 2.71. The fourth-order valence-corrected chi connectivity index (χ4v) is 0.556. The largest absolute Gasteiger partial charge is 0.479 e. The molecule has 3 N–H and O–H groups in total. The lowest BCUT2D eigenvalue weighted by atomic mass is 10.5. The average Bonchev–Trinajstić information content (AvgIpc) is 1.80. The highest BCUT2D eigenvalue weighted by atomic mass is 32.1. The van der Waals surface area contributed by atoms with E-state index in [2.05, 4.69) is 17.8 Å². The molecule has 48 valence electrons. The van der Waals surface area contributed by atoms with E-state index in [0.717, 1.165) is 0 Å². The molecule has 1 aliphatic heterocycles. The standard InChI is InChI=1S/C4H5N3OS/c5-3-1-2-7(9)4(8)6-3/h1-2,7H,(H2,5,6,8). The van der Waals surface area contributed by atoms with Crippen LogP contribution >= 0.6 is 0 Å². The summed E-state index contributed by atoms with van der Waals surface area (Å²) >= 11 is 4.58. The number of nitrogens with two attached hydrogens (primary N) is 1. The number of rotatable bonds is 0. The maximum Gasteiger partial charge on any atom is 0.429 e. The van der Waals surface area contributed by atoms with Crippen LogP contribution in [0, 0.1) is 0 Å². The van der Waals surface area contributed by atoms with Crippen molar-refractivity contribution < 1.29 is 9.10 Å². The molecule has 0 spiro atoms. The molecule has 0 fully saturated rings. The summed E-state index contributed by atoms with van der Waals surface area (Å²) in [6, 6.07) is -0.426. The predicted molar refractivity (Wildman–Crippen MR) is 34.5 cm³/mol. The zero-order valence-corrected chi connectivity index (χ0v) is 5.31. The fourth-order valence-electron chi connectivity index (χ4n) is 0.442. The van der Waals surface area contributed by atoms with Gasteiger partial charge in [0.15, 0.2) is 0 Å². The smallest absolute Gasteiger partial charge is 0.429 e. The molecule has 1 atom stereocenters. The van der Waals surface area contributed by atoms with Crippen molar-refractivity contribution in [3.63, 3.8) is 0 Å². The van der Waals surface area contributed by atoms with Gasteiger partial charge in [0.2, 0.25) is 0 Å². The molecule has 2 amide bonds. The summed E-state index contributed by atoms with van der Waals surface area (Å²) in [5.74, 6) is 0.216. The zero-order valence-electron chi connectivity index (χ0n) is 4.50. The maximum atomic E-state index is 10.5. The first-order chi connectivity index (χ1) is 4.20. The molecule has 9 heavy (non-hydrogen) atoms. The van der Waals surface area contributed by atoms with Crippen molar-refractivity contribution in [1.29, 1.82) is 0 Å². The molecular formula is C4H5N3OS. The van der Waals surface area contributed by atoms with Crippen molar-refractivity contribution in [3.05, 3.63) is 12.3 Å². The zero-order chi connectivity index (χ0) is 6.85. The molecule has 0 saturated heterocycles. The number of amidine groups is 1. The van der Waals surface area contributed by atoms with Crippen LogP contribution < -0.4 is 10.0 Å². The van der Waals surface area contributed by atoms with Crippen molar-refractivity contribution >= 4 is 24.7 Å². The van der Waals surface area contributed by atoms with Crippen LogP contribution in [0.15, 0.2) is 17.3 Å². The van der Waals surface area contributed by atoms with E-state index < -0.39 is 6.03 Å². The summed E-state index contributed by atoms with van der Waals surface area (Å²) in [7, 11) is 0. The summed E-state index contributed by atoms with van der Waals surface area (Å²) in [6.45, 7) is 0. The molecule has 0 bridgehead atoms.